The van der Waals surface area contributed by atoms with Crippen molar-refractivity contribution in [3.63, 3.8) is 0 Å². The van der Waals surface area contributed by atoms with Gasteiger partial charge in [0.15, 0.2) is 0 Å². The van der Waals surface area contributed by atoms with Gasteiger partial charge in [-0.3, -0.25) is 4.99 Å². The molecule has 0 aliphatic heterocycles. The van der Waals surface area contributed by atoms with Gasteiger partial charge >= 0.3 is 0 Å². The molecular formula is C12H13N. The third kappa shape index (κ3) is 2.71. The lowest BCUT2D eigenvalue weighted by Crippen LogP contribution is -1.94. The van der Waals surface area contributed by atoms with Crippen molar-refractivity contribution < 1.29 is 0 Å². The van der Waals surface area contributed by atoms with Crippen molar-refractivity contribution in [1.29, 1.82) is 0 Å². The predicted octanol–water partition coefficient (Wildman–Crippen LogP) is 2.85. The minimum absolute atomic E-state index is 0.973. The SMILES string of the molecule is C=C/C=C\C(=N/C)c1ccccc1. The molecule has 1 rings (SSSR count). The Bertz CT molecular complexity index is 320. The Kier molecular flexibility index (Phi) is 3.71. The molecule has 0 aliphatic carbocycles. The minimum Gasteiger partial charge on any atom is -0.288 e. The normalized spacial score (nSPS) is 11.9. The van der Waals surface area contributed by atoms with Gasteiger partial charge in [-0.15, -0.1) is 0 Å². The summed E-state index contributed by atoms with van der Waals surface area (Å²) in [6, 6.07) is 10.1. The molecule has 0 unspecified atom stereocenters. The van der Waals surface area contributed by atoms with Crippen molar-refractivity contribution in [2.45, 2.75) is 0 Å². The monoisotopic (exact) mass is 171 g/mol. The predicted molar refractivity (Wildman–Crippen MR) is 58.2 cm³/mol. The average molecular weight is 171 g/mol. The summed E-state index contributed by atoms with van der Waals surface area (Å²) >= 11 is 0. The van der Waals surface area contributed by atoms with Gasteiger partial charge < -0.3 is 0 Å². The number of allylic oxidation sites excluding steroid dienone is 3. The molecule has 1 aromatic carbocycles. The fourth-order valence-electron chi connectivity index (χ4n) is 1.07. The first-order chi connectivity index (χ1) is 6.38. The van der Waals surface area contributed by atoms with Crippen molar-refractivity contribution in [2.24, 2.45) is 4.99 Å². The number of hydrogen-bond donors (Lipinski definition) is 0. The maximum atomic E-state index is 4.18. The maximum Gasteiger partial charge on any atom is 0.0643 e. The fourth-order valence-corrected chi connectivity index (χ4v) is 1.07. The number of aliphatic imine (C=N–C) groups is 1. The van der Waals surface area contributed by atoms with E-state index in [4.69, 9.17) is 0 Å². The van der Waals surface area contributed by atoms with E-state index in [0.717, 1.165) is 11.3 Å². The Morgan fingerprint density at radius 1 is 1.31 bits per heavy atom. The average Bonchev–Trinajstić information content (AvgIpc) is 2.21. The first kappa shape index (κ1) is 9.46. The van der Waals surface area contributed by atoms with Gasteiger partial charge in [0.2, 0.25) is 0 Å². The van der Waals surface area contributed by atoms with Crippen LogP contribution >= 0.6 is 0 Å². The zero-order chi connectivity index (χ0) is 9.52. The number of benzene rings is 1. The summed E-state index contributed by atoms with van der Waals surface area (Å²) in [5, 5.41) is 0. The van der Waals surface area contributed by atoms with Crippen molar-refractivity contribution >= 4 is 5.71 Å². The van der Waals surface area contributed by atoms with Crippen LogP contribution in [0.15, 0.2) is 60.1 Å². The third-order valence-corrected chi connectivity index (χ3v) is 1.70. The lowest BCUT2D eigenvalue weighted by Gasteiger charge is -1.98. The Morgan fingerprint density at radius 3 is 2.54 bits per heavy atom. The van der Waals surface area contributed by atoms with Crippen LogP contribution in [0.4, 0.5) is 0 Å². The van der Waals surface area contributed by atoms with Crippen LogP contribution in [-0.2, 0) is 0 Å². The number of rotatable bonds is 3. The first-order valence-corrected chi connectivity index (χ1v) is 4.20. The van der Waals surface area contributed by atoms with Gasteiger partial charge in [0.1, 0.15) is 0 Å². The summed E-state index contributed by atoms with van der Waals surface area (Å²) in [7, 11) is 1.79. The molecule has 66 valence electrons. The van der Waals surface area contributed by atoms with Crippen LogP contribution in [-0.4, -0.2) is 12.8 Å². The van der Waals surface area contributed by atoms with Gasteiger partial charge in [-0.2, -0.15) is 0 Å². The van der Waals surface area contributed by atoms with Gasteiger partial charge in [-0.1, -0.05) is 49.1 Å². The molecule has 0 saturated heterocycles. The smallest absolute Gasteiger partial charge is 0.0643 e. The second kappa shape index (κ2) is 5.09. The first-order valence-electron chi connectivity index (χ1n) is 4.20. The summed E-state index contributed by atoms with van der Waals surface area (Å²) in [6.45, 7) is 3.62. The molecule has 0 fully saturated rings. The molecule has 0 amide bonds. The molecule has 0 aliphatic rings. The van der Waals surface area contributed by atoms with E-state index in [0.29, 0.717) is 0 Å². The summed E-state index contributed by atoms with van der Waals surface area (Å²) < 4.78 is 0. The van der Waals surface area contributed by atoms with Crippen LogP contribution in [0.2, 0.25) is 0 Å². The fraction of sp³-hybridized carbons (Fsp3) is 0.0833. The number of nitrogens with zero attached hydrogens (tertiary/aromatic N) is 1. The Balaban J connectivity index is 2.92. The molecule has 0 heterocycles. The van der Waals surface area contributed by atoms with Crippen LogP contribution in [0.5, 0.6) is 0 Å². The lowest BCUT2D eigenvalue weighted by atomic mass is 10.1. The molecule has 0 aromatic heterocycles. The van der Waals surface area contributed by atoms with Gasteiger partial charge in [0.05, 0.1) is 5.71 Å². The van der Waals surface area contributed by atoms with Crippen molar-refractivity contribution in [3.05, 3.63) is 60.7 Å². The molecule has 0 radical (unpaired) electrons. The standard InChI is InChI=1S/C12H13N/c1-3-4-10-12(13-2)11-8-6-5-7-9-11/h3-10H,1H2,2H3/b10-4-,13-12+. The Hall–Kier alpha value is -1.63. The summed E-state index contributed by atoms with van der Waals surface area (Å²) in [5.74, 6) is 0. The Labute approximate surface area is 79.1 Å². The van der Waals surface area contributed by atoms with Crippen molar-refractivity contribution in [1.82, 2.24) is 0 Å². The highest BCUT2D eigenvalue weighted by Gasteiger charge is 1.94. The molecule has 0 bridgehead atoms. The Morgan fingerprint density at radius 2 is 2.00 bits per heavy atom. The second-order valence-electron chi connectivity index (χ2n) is 2.57. The lowest BCUT2D eigenvalue weighted by molar-refractivity contribution is 1.43. The van der Waals surface area contributed by atoms with Crippen molar-refractivity contribution in [3.8, 4) is 0 Å². The largest absolute Gasteiger partial charge is 0.288 e. The van der Waals surface area contributed by atoms with E-state index in [1.54, 1.807) is 13.1 Å². The minimum atomic E-state index is 0.973. The summed E-state index contributed by atoms with van der Waals surface area (Å²) in [5.41, 5.74) is 2.10. The molecule has 1 nitrogen and oxygen atoms in total. The molecule has 0 N–H and O–H groups in total. The van der Waals surface area contributed by atoms with E-state index in [-0.39, 0.29) is 0 Å². The topological polar surface area (TPSA) is 12.4 Å². The summed E-state index contributed by atoms with van der Waals surface area (Å²) in [6.07, 6.45) is 5.58. The molecule has 1 aromatic rings. The van der Waals surface area contributed by atoms with Crippen LogP contribution < -0.4 is 0 Å². The van der Waals surface area contributed by atoms with Crippen LogP contribution in [0, 0.1) is 0 Å². The van der Waals surface area contributed by atoms with E-state index in [2.05, 4.69) is 11.6 Å². The second-order valence-corrected chi connectivity index (χ2v) is 2.57. The summed E-state index contributed by atoms with van der Waals surface area (Å²) in [4.78, 5) is 4.18. The van der Waals surface area contributed by atoms with Crippen LogP contribution in [0.3, 0.4) is 0 Å². The number of hydrogen-bond acceptors (Lipinski definition) is 1. The zero-order valence-corrected chi connectivity index (χ0v) is 7.77. The maximum absolute atomic E-state index is 4.18. The van der Waals surface area contributed by atoms with Gasteiger partial charge in [0, 0.05) is 7.05 Å². The third-order valence-electron chi connectivity index (χ3n) is 1.70. The molecule has 1 heteroatoms. The van der Waals surface area contributed by atoms with E-state index in [9.17, 15) is 0 Å². The van der Waals surface area contributed by atoms with E-state index in [1.807, 2.05) is 42.5 Å². The van der Waals surface area contributed by atoms with Gasteiger partial charge in [-0.05, 0) is 11.6 Å². The highest BCUT2D eigenvalue weighted by atomic mass is 14.7. The molecule has 0 atom stereocenters. The molecule has 13 heavy (non-hydrogen) atoms. The van der Waals surface area contributed by atoms with E-state index in [1.165, 1.54) is 0 Å². The van der Waals surface area contributed by atoms with E-state index < -0.39 is 0 Å². The van der Waals surface area contributed by atoms with E-state index >= 15 is 0 Å². The van der Waals surface area contributed by atoms with Gasteiger partial charge in [0.25, 0.3) is 0 Å². The zero-order valence-electron chi connectivity index (χ0n) is 7.77. The van der Waals surface area contributed by atoms with Gasteiger partial charge in [-0.25, -0.2) is 0 Å². The molecule has 0 spiro atoms. The highest BCUT2D eigenvalue weighted by molar-refractivity contribution is 6.08. The quantitative estimate of drug-likeness (QED) is 0.490. The van der Waals surface area contributed by atoms with Crippen LogP contribution in [0.25, 0.3) is 0 Å². The molecular weight excluding hydrogens is 158 g/mol. The van der Waals surface area contributed by atoms with Crippen molar-refractivity contribution in [2.75, 3.05) is 7.05 Å². The van der Waals surface area contributed by atoms with Crippen LogP contribution in [0.1, 0.15) is 5.56 Å². The highest BCUT2D eigenvalue weighted by Crippen LogP contribution is 2.02. The molecule has 0 saturated carbocycles.